The molecule has 4 aliphatic carbocycles. The molecule has 1 nitrogen and oxygen atoms in total. The largest absolute Gasteiger partial charge is 0.396 e. The molecular formula is C8H12O. The second kappa shape index (κ2) is 1.20. The maximum absolute atomic E-state index is 8.96. The van der Waals surface area contributed by atoms with Crippen molar-refractivity contribution in [2.75, 3.05) is 6.61 Å². The smallest absolute Gasteiger partial charge is 0.0464 e. The maximum Gasteiger partial charge on any atom is 0.0464 e. The zero-order valence-electron chi connectivity index (χ0n) is 5.46. The van der Waals surface area contributed by atoms with E-state index in [1.165, 1.54) is 12.8 Å². The number of aliphatic hydroxyl groups excluding tert-OH is 1. The topological polar surface area (TPSA) is 20.2 Å². The zero-order valence-corrected chi connectivity index (χ0v) is 5.46. The van der Waals surface area contributed by atoms with Crippen molar-refractivity contribution in [2.45, 2.75) is 12.8 Å². The molecule has 4 saturated carbocycles. The van der Waals surface area contributed by atoms with E-state index in [0.29, 0.717) is 6.61 Å². The Hall–Kier alpha value is -0.0400. The Kier molecular flexibility index (Phi) is 0.628. The zero-order chi connectivity index (χ0) is 6.01. The Morgan fingerprint density at radius 1 is 1.22 bits per heavy atom. The van der Waals surface area contributed by atoms with Gasteiger partial charge in [0.25, 0.3) is 0 Å². The molecule has 4 bridgehead atoms. The molecule has 0 aromatic rings. The van der Waals surface area contributed by atoms with E-state index in [9.17, 15) is 0 Å². The first kappa shape index (κ1) is 4.73. The van der Waals surface area contributed by atoms with Crippen LogP contribution in [0.1, 0.15) is 12.8 Å². The van der Waals surface area contributed by atoms with Crippen molar-refractivity contribution in [1.29, 1.82) is 0 Å². The van der Waals surface area contributed by atoms with Gasteiger partial charge >= 0.3 is 0 Å². The van der Waals surface area contributed by atoms with Gasteiger partial charge in [-0.1, -0.05) is 0 Å². The molecule has 4 aliphatic rings. The van der Waals surface area contributed by atoms with E-state index in [4.69, 9.17) is 5.11 Å². The molecule has 1 heteroatoms. The normalized spacial score (nSPS) is 67.0. The van der Waals surface area contributed by atoms with Gasteiger partial charge in [-0.05, 0) is 42.4 Å². The van der Waals surface area contributed by atoms with E-state index in [1.807, 2.05) is 0 Å². The van der Waals surface area contributed by atoms with Crippen LogP contribution in [0.3, 0.4) is 0 Å². The lowest BCUT2D eigenvalue weighted by atomic mass is 10.00. The fraction of sp³-hybridized carbons (Fsp3) is 1.00. The van der Waals surface area contributed by atoms with E-state index < -0.39 is 0 Å². The lowest BCUT2D eigenvalue weighted by molar-refractivity contribution is 0.197. The summed E-state index contributed by atoms with van der Waals surface area (Å²) in [6.07, 6.45) is 2.92. The Balaban J connectivity index is 1.95. The molecule has 0 aromatic carbocycles. The van der Waals surface area contributed by atoms with Crippen LogP contribution >= 0.6 is 0 Å². The molecular weight excluding hydrogens is 112 g/mol. The highest BCUT2D eigenvalue weighted by atomic mass is 16.3. The summed E-state index contributed by atoms with van der Waals surface area (Å²) in [4.78, 5) is 0. The van der Waals surface area contributed by atoms with E-state index >= 15 is 0 Å². The van der Waals surface area contributed by atoms with Crippen molar-refractivity contribution in [1.82, 2.24) is 0 Å². The van der Waals surface area contributed by atoms with Crippen molar-refractivity contribution >= 4 is 0 Å². The minimum atomic E-state index is 0.475. The third kappa shape index (κ3) is 0.362. The Labute approximate surface area is 55.1 Å². The minimum Gasteiger partial charge on any atom is -0.396 e. The van der Waals surface area contributed by atoms with Crippen LogP contribution in [0.2, 0.25) is 0 Å². The van der Waals surface area contributed by atoms with Gasteiger partial charge in [0, 0.05) is 6.61 Å². The highest BCUT2D eigenvalue weighted by Crippen LogP contribution is 2.72. The number of hydrogen-bond acceptors (Lipinski definition) is 1. The van der Waals surface area contributed by atoms with Crippen LogP contribution in [0.5, 0.6) is 0 Å². The molecule has 4 rings (SSSR count). The molecule has 0 radical (unpaired) electrons. The van der Waals surface area contributed by atoms with Gasteiger partial charge in [0.15, 0.2) is 0 Å². The average Bonchev–Trinajstić information content (AvgIpc) is 2.40. The summed E-state index contributed by atoms with van der Waals surface area (Å²) >= 11 is 0. The quantitative estimate of drug-likeness (QED) is 0.550. The third-order valence-corrected chi connectivity index (χ3v) is 3.86. The molecule has 0 aromatic heterocycles. The van der Waals surface area contributed by atoms with Crippen LogP contribution in [-0.4, -0.2) is 11.7 Å². The molecule has 9 heavy (non-hydrogen) atoms. The fourth-order valence-corrected chi connectivity index (χ4v) is 3.50. The first-order valence-corrected chi connectivity index (χ1v) is 4.02. The van der Waals surface area contributed by atoms with Crippen LogP contribution in [0, 0.1) is 29.6 Å². The fourth-order valence-electron chi connectivity index (χ4n) is 3.50. The first-order chi connectivity index (χ1) is 4.42. The van der Waals surface area contributed by atoms with Gasteiger partial charge in [0.05, 0.1) is 0 Å². The summed E-state index contributed by atoms with van der Waals surface area (Å²) in [6.45, 7) is 0.475. The van der Waals surface area contributed by atoms with Crippen LogP contribution in [0.15, 0.2) is 0 Å². The Morgan fingerprint density at radius 3 is 2.11 bits per heavy atom. The number of aliphatic hydroxyl groups is 1. The lowest BCUT2D eigenvalue weighted by Gasteiger charge is -2.08. The van der Waals surface area contributed by atoms with Crippen molar-refractivity contribution in [3.05, 3.63) is 0 Å². The van der Waals surface area contributed by atoms with Crippen LogP contribution in [0.25, 0.3) is 0 Å². The maximum atomic E-state index is 8.96. The van der Waals surface area contributed by atoms with E-state index in [-0.39, 0.29) is 0 Å². The van der Waals surface area contributed by atoms with Gasteiger partial charge in [-0.15, -0.1) is 0 Å². The van der Waals surface area contributed by atoms with Crippen molar-refractivity contribution in [2.24, 2.45) is 29.6 Å². The Bertz CT molecular complexity index is 141. The molecule has 0 heterocycles. The monoisotopic (exact) mass is 124 g/mol. The number of hydrogen-bond donors (Lipinski definition) is 1. The standard InChI is InChI=1S/C8H12O/c9-3-7-4-1-5-6(2-4)8(5)7/h4-9H,1-3H2. The molecule has 3 unspecified atom stereocenters. The molecule has 0 aliphatic heterocycles. The summed E-state index contributed by atoms with van der Waals surface area (Å²) in [6, 6.07) is 0. The van der Waals surface area contributed by atoms with Gasteiger partial charge in [0.1, 0.15) is 0 Å². The predicted molar refractivity (Wildman–Crippen MR) is 33.8 cm³/mol. The second-order valence-electron chi connectivity index (χ2n) is 3.98. The summed E-state index contributed by atoms with van der Waals surface area (Å²) in [5, 5.41) is 8.96. The molecule has 50 valence electrons. The molecule has 3 atom stereocenters. The van der Waals surface area contributed by atoms with Gasteiger partial charge in [-0.25, -0.2) is 0 Å². The average molecular weight is 124 g/mol. The summed E-state index contributed by atoms with van der Waals surface area (Å²) < 4.78 is 0. The van der Waals surface area contributed by atoms with Gasteiger partial charge in [-0.2, -0.15) is 0 Å². The lowest BCUT2D eigenvalue weighted by Crippen LogP contribution is -2.09. The summed E-state index contributed by atoms with van der Waals surface area (Å²) in [7, 11) is 0. The van der Waals surface area contributed by atoms with Crippen LogP contribution in [-0.2, 0) is 0 Å². The van der Waals surface area contributed by atoms with Crippen molar-refractivity contribution in [3.63, 3.8) is 0 Å². The van der Waals surface area contributed by atoms with Crippen LogP contribution < -0.4 is 0 Å². The SMILES string of the molecule is OCC1C2CC3C(C2)C13. The molecule has 0 spiro atoms. The van der Waals surface area contributed by atoms with Gasteiger partial charge in [-0.3, -0.25) is 0 Å². The van der Waals surface area contributed by atoms with E-state index in [1.54, 1.807) is 0 Å². The van der Waals surface area contributed by atoms with Crippen molar-refractivity contribution < 1.29 is 5.11 Å². The van der Waals surface area contributed by atoms with E-state index in [0.717, 1.165) is 29.6 Å². The predicted octanol–water partition coefficient (Wildman–Crippen LogP) is 0.881. The first-order valence-electron chi connectivity index (χ1n) is 4.02. The second-order valence-corrected chi connectivity index (χ2v) is 3.98. The Morgan fingerprint density at radius 2 is 1.89 bits per heavy atom. The van der Waals surface area contributed by atoms with Crippen LogP contribution in [0.4, 0.5) is 0 Å². The summed E-state index contributed by atoms with van der Waals surface area (Å²) in [5.74, 6) is 4.81. The van der Waals surface area contributed by atoms with Gasteiger partial charge < -0.3 is 5.11 Å². The molecule has 4 fully saturated rings. The minimum absolute atomic E-state index is 0.475. The molecule has 1 N–H and O–H groups in total. The van der Waals surface area contributed by atoms with E-state index in [2.05, 4.69) is 0 Å². The number of rotatable bonds is 1. The van der Waals surface area contributed by atoms with Crippen molar-refractivity contribution in [3.8, 4) is 0 Å². The third-order valence-electron chi connectivity index (χ3n) is 3.86. The highest BCUT2D eigenvalue weighted by molar-refractivity contribution is 5.15. The molecule has 0 amide bonds. The highest BCUT2D eigenvalue weighted by Gasteiger charge is 2.67. The molecule has 0 saturated heterocycles. The van der Waals surface area contributed by atoms with Gasteiger partial charge in [0.2, 0.25) is 0 Å². The summed E-state index contributed by atoms with van der Waals surface area (Å²) in [5.41, 5.74) is 0.